The summed E-state index contributed by atoms with van der Waals surface area (Å²) in [5.41, 5.74) is 1.46. The molecule has 0 saturated carbocycles. The molecule has 0 bridgehead atoms. The van der Waals surface area contributed by atoms with Crippen molar-refractivity contribution < 1.29 is 14.4 Å². The summed E-state index contributed by atoms with van der Waals surface area (Å²) in [4.78, 5) is 34.0. The summed E-state index contributed by atoms with van der Waals surface area (Å²) in [6.07, 6.45) is 3.38. The van der Waals surface area contributed by atoms with Gasteiger partial charge in [-0.15, -0.1) is 0 Å². The van der Waals surface area contributed by atoms with Gasteiger partial charge in [0.1, 0.15) is 0 Å². The van der Waals surface area contributed by atoms with E-state index in [1.165, 1.54) is 4.90 Å². The number of nitrogens with zero attached hydrogens (tertiary/aromatic N) is 3. The number of rotatable bonds is 3. The van der Waals surface area contributed by atoms with E-state index in [1.807, 2.05) is 12.1 Å². The third kappa shape index (κ3) is 2.37. The molecule has 0 fully saturated rings. The number of hydrogen-bond acceptors (Lipinski definition) is 5. The largest absolute Gasteiger partial charge is 0.385 e. The lowest BCUT2D eigenvalue weighted by Crippen LogP contribution is -2.26. The molecule has 22 heavy (non-hydrogen) atoms. The Morgan fingerprint density at radius 2 is 2.18 bits per heavy atom. The summed E-state index contributed by atoms with van der Waals surface area (Å²) in [6.45, 7) is -0.214. The molecule has 0 spiro atoms. The van der Waals surface area contributed by atoms with E-state index in [1.54, 1.807) is 32.6 Å². The number of hydrogen-bond donors (Lipinski definition) is 1. The second-order valence-electron chi connectivity index (χ2n) is 5.04. The zero-order valence-corrected chi connectivity index (χ0v) is 12.2. The molecular weight excluding hydrogens is 284 g/mol. The lowest BCUT2D eigenvalue weighted by molar-refractivity contribution is -0.133. The summed E-state index contributed by atoms with van der Waals surface area (Å²) in [6, 6.07) is 5.55. The van der Waals surface area contributed by atoms with Crippen molar-refractivity contribution in [2.45, 2.75) is 0 Å². The third-order valence-electron chi connectivity index (χ3n) is 3.37. The number of oxime groups is 1. The van der Waals surface area contributed by atoms with E-state index in [9.17, 15) is 9.59 Å². The van der Waals surface area contributed by atoms with Crippen LogP contribution in [0.3, 0.4) is 0 Å². The van der Waals surface area contributed by atoms with Gasteiger partial charge in [0.25, 0.3) is 11.8 Å². The molecule has 0 unspecified atom stereocenters. The molecule has 1 aliphatic heterocycles. The quantitative estimate of drug-likeness (QED) is 0.857. The number of fused-ring (bicyclic) bond motifs is 3. The van der Waals surface area contributed by atoms with Gasteiger partial charge in [0.05, 0.1) is 5.69 Å². The maximum atomic E-state index is 12.0. The fraction of sp³-hybridized carbons (Fsp3) is 0.200. The Hall–Kier alpha value is -2.96. The molecule has 0 saturated heterocycles. The smallest absolute Gasteiger partial charge is 0.278 e. The third-order valence-corrected chi connectivity index (χ3v) is 3.37. The predicted molar refractivity (Wildman–Crippen MR) is 81.6 cm³/mol. The zero-order valence-electron chi connectivity index (χ0n) is 12.2. The van der Waals surface area contributed by atoms with Crippen molar-refractivity contribution in [3.63, 3.8) is 0 Å². The number of amides is 2. The van der Waals surface area contributed by atoms with E-state index >= 15 is 0 Å². The first-order valence-corrected chi connectivity index (χ1v) is 6.66. The highest BCUT2D eigenvalue weighted by atomic mass is 16.6. The van der Waals surface area contributed by atoms with Gasteiger partial charge >= 0.3 is 0 Å². The topological polar surface area (TPSA) is 83.9 Å². The highest BCUT2D eigenvalue weighted by Gasteiger charge is 2.28. The van der Waals surface area contributed by atoms with E-state index in [4.69, 9.17) is 4.84 Å². The van der Waals surface area contributed by atoms with Crippen LogP contribution in [0.2, 0.25) is 0 Å². The van der Waals surface area contributed by atoms with Crippen LogP contribution in [-0.2, 0) is 14.4 Å². The van der Waals surface area contributed by atoms with Crippen LogP contribution in [0.4, 0.5) is 5.69 Å². The molecule has 0 radical (unpaired) electrons. The molecule has 1 N–H and O–H groups in total. The van der Waals surface area contributed by atoms with E-state index in [-0.39, 0.29) is 24.1 Å². The van der Waals surface area contributed by atoms with Crippen LogP contribution in [0.15, 0.2) is 35.7 Å². The van der Waals surface area contributed by atoms with Crippen LogP contribution in [0.5, 0.6) is 0 Å². The number of carbonyl (C=O) groups excluding carboxylic acids is 2. The molecule has 7 nitrogen and oxygen atoms in total. The fourth-order valence-corrected chi connectivity index (χ4v) is 2.16. The van der Waals surface area contributed by atoms with Crippen LogP contribution in [-0.4, -0.2) is 48.1 Å². The lowest BCUT2D eigenvalue weighted by Gasteiger charge is -2.08. The Morgan fingerprint density at radius 1 is 1.36 bits per heavy atom. The minimum absolute atomic E-state index is 0.160. The summed E-state index contributed by atoms with van der Waals surface area (Å²) >= 11 is 0. The Bertz CT molecular complexity index is 798. The second kappa shape index (κ2) is 5.44. The Balaban J connectivity index is 1.91. The molecule has 0 atom stereocenters. The number of benzene rings is 1. The molecule has 2 aromatic rings. The van der Waals surface area contributed by atoms with Gasteiger partial charge in [-0.05, 0) is 17.5 Å². The minimum Gasteiger partial charge on any atom is -0.385 e. The maximum absolute atomic E-state index is 12.0. The zero-order chi connectivity index (χ0) is 15.7. The van der Waals surface area contributed by atoms with Gasteiger partial charge in [0.15, 0.2) is 12.3 Å². The van der Waals surface area contributed by atoms with E-state index < -0.39 is 0 Å². The van der Waals surface area contributed by atoms with Crippen LogP contribution < -0.4 is 5.32 Å². The Labute approximate surface area is 126 Å². The molecule has 7 heteroatoms. The average molecular weight is 298 g/mol. The fourth-order valence-electron chi connectivity index (χ4n) is 2.16. The first-order valence-electron chi connectivity index (χ1n) is 6.66. The monoisotopic (exact) mass is 298 g/mol. The Morgan fingerprint density at radius 3 is 2.95 bits per heavy atom. The van der Waals surface area contributed by atoms with Crippen molar-refractivity contribution in [2.24, 2.45) is 5.16 Å². The van der Waals surface area contributed by atoms with Gasteiger partial charge in [-0.2, -0.15) is 0 Å². The summed E-state index contributed by atoms with van der Waals surface area (Å²) < 4.78 is 0. The van der Waals surface area contributed by atoms with E-state index in [0.717, 1.165) is 10.8 Å². The summed E-state index contributed by atoms with van der Waals surface area (Å²) in [5.74, 6) is -0.589. The highest BCUT2D eigenvalue weighted by Crippen LogP contribution is 2.31. The van der Waals surface area contributed by atoms with Crippen LogP contribution in [0.1, 0.15) is 5.56 Å². The van der Waals surface area contributed by atoms with Gasteiger partial charge in [-0.25, -0.2) is 0 Å². The normalized spacial score (nSPS) is 14.8. The number of pyridine rings is 1. The van der Waals surface area contributed by atoms with Crippen molar-refractivity contribution in [2.75, 3.05) is 26.0 Å². The number of nitrogens with one attached hydrogen (secondary N) is 1. The molecule has 112 valence electrons. The number of aromatic nitrogens is 1. The highest BCUT2D eigenvalue weighted by molar-refractivity contribution is 6.54. The van der Waals surface area contributed by atoms with Gasteiger partial charge in [0.2, 0.25) is 0 Å². The van der Waals surface area contributed by atoms with E-state index in [0.29, 0.717) is 11.3 Å². The summed E-state index contributed by atoms with van der Waals surface area (Å²) in [5, 5.41) is 8.39. The van der Waals surface area contributed by atoms with Gasteiger partial charge < -0.3 is 15.1 Å². The molecular formula is C15H14N4O3. The average Bonchev–Trinajstić information content (AvgIpc) is 2.83. The molecule has 0 aliphatic carbocycles. The number of carbonyl (C=O) groups is 2. The molecule has 1 aliphatic rings. The molecule has 3 rings (SSSR count). The van der Waals surface area contributed by atoms with Crippen molar-refractivity contribution >= 4 is 34.0 Å². The first-order chi connectivity index (χ1) is 10.6. The van der Waals surface area contributed by atoms with E-state index in [2.05, 4.69) is 15.5 Å². The lowest BCUT2D eigenvalue weighted by atomic mass is 10.1. The van der Waals surface area contributed by atoms with Gasteiger partial charge in [0, 0.05) is 37.4 Å². The molecule has 2 amide bonds. The first kappa shape index (κ1) is 14.0. The van der Waals surface area contributed by atoms with Crippen LogP contribution in [0.25, 0.3) is 10.8 Å². The predicted octanol–water partition coefficient (Wildman–Crippen LogP) is 0.996. The van der Waals surface area contributed by atoms with Crippen LogP contribution in [0, 0.1) is 0 Å². The Kier molecular flexibility index (Phi) is 3.46. The molecule has 2 heterocycles. The molecule has 1 aromatic heterocycles. The van der Waals surface area contributed by atoms with Crippen molar-refractivity contribution in [1.82, 2.24) is 9.88 Å². The SMILES string of the molecule is CN(C)C(=O)CON=C1C(=O)Nc2c1ccc1ccncc21. The maximum Gasteiger partial charge on any atom is 0.278 e. The van der Waals surface area contributed by atoms with Gasteiger partial charge in [-0.3, -0.25) is 14.6 Å². The minimum atomic E-state index is -0.358. The molecule has 1 aromatic carbocycles. The van der Waals surface area contributed by atoms with Crippen molar-refractivity contribution in [1.29, 1.82) is 0 Å². The van der Waals surface area contributed by atoms with Crippen molar-refractivity contribution in [3.8, 4) is 0 Å². The number of likely N-dealkylation sites (N-methyl/N-ethyl adjacent to an activating group) is 1. The standard InChI is InChI=1S/C15H14N4O3/c1-19(2)12(20)8-22-18-14-10-4-3-9-5-6-16-7-11(9)13(10)17-15(14)21/h3-7H,8H2,1-2H3,(H,17,18,21). The van der Waals surface area contributed by atoms with Crippen molar-refractivity contribution in [3.05, 3.63) is 36.2 Å². The summed E-state index contributed by atoms with van der Waals surface area (Å²) in [7, 11) is 3.24. The van der Waals surface area contributed by atoms with Gasteiger partial charge in [-0.1, -0.05) is 11.2 Å². The number of anilines is 1. The second-order valence-corrected chi connectivity index (χ2v) is 5.04. The van der Waals surface area contributed by atoms with Crippen LogP contribution >= 0.6 is 0 Å².